The van der Waals surface area contributed by atoms with Crippen molar-refractivity contribution in [3.8, 4) is 0 Å². The quantitative estimate of drug-likeness (QED) is 0.574. The Morgan fingerprint density at radius 2 is 2.14 bits per heavy atom. The Bertz CT molecular complexity index is 163. The first-order valence-corrected chi connectivity index (χ1v) is 4.74. The van der Waals surface area contributed by atoms with Crippen LogP contribution >= 0.6 is 0 Å². The first-order chi connectivity index (χ1) is 6.67. The van der Waals surface area contributed by atoms with Gasteiger partial charge in [0.25, 0.3) is 0 Å². The number of hydrogen-bond acceptors (Lipinski definition) is 4. The Kier molecular flexibility index (Phi) is 7.37. The van der Waals surface area contributed by atoms with E-state index in [2.05, 4.69) is 0 Å². The van der Waals surface area contributed by atoms with Gasteiger partial charge < -0.3 is 14.9 Å². The van der Waals surface area contributed by atoms with E-state index in [1.54, 1.807) is 12.0 Å². The second-order valence-electron chi connectivity index (χ2n) is 3.01. The zero-order valence-electron chi connectivity index (χ0n) is 8.77. The van der Waals surface area contributed by atoms with Crippen LogP contribution in [-0.4, -0.2) is 60.5 Å². The lowest BCUT2D eigenvalue weighted by molar-refractivity contribution is -0.143. The third kappa shape index (κ3) is 4.55. The number of methoxy groups -OCH3 is 1. The van der Waals surface area contributed by atoms with Crippen LogP contribution < -0.4 is 0 Å². The van der Waals surface area contributed by atoms with Gasteiger partial charge in [0, 0.05) is 20.2 Å². The van der Waals surface area contributed by atoms with Crippen LogP contribution in [0.4, 0.5) is 0 Å². The molecule has 5 heteroatoms. The van der Waals surface area contributed by atoms with Crippen LogP contribution in [0.25, 0.3) is 0 Å². The predicted molar refractivity (Wildman–Crippen MR) is 52.2 cm³/mol. The molecule has 0 fully saturated rings. The standard InChI is InChI=1S/C9H19NO4/c1-3-8(9(12)13)10(4-6-11)5-7-14-2/h8,11H,3-7H2,1-2H3,(H,12,13). The van der Waals surface area contributed by atoms with Crippen molar-refractivity contribution in [1.29, 1.82) is 0 Å². The number of carboxylic acids is 1. The molecule has 84 valence electrons. The zero-order chi connectivity index (χ0) is 11.0. The summed E-state index contributed by atoms with van der Waals surface area (Å²) in [5.74, 6) is -0.850. The molecule has 0 radical (unpaired) electrons. The van der Waals surface area contributed by atoms with Gasteiger partial charge in [-0.15, -0.1) is 0 Å². The third-order valence-electron chi connectivity index (χ3n) is 2.08. The van der Waals surface area contributed by atoms with E-state index in [-0.39, 0.29) is 6.61 Å². The van der Waals surface area contributed by atoms with Gasteiger partial charge in [-0.2, -0.15) is 0 Å². The van der Waals surface area contributed by atoms with E-state index in [9.17, 15) is 4.79 Å². The average molecular weight is 205 g/mol. The third-order valence-corrected chi connectivity index (χ3v) is 2.08. The lowest BCUT2D eigenvalue weighted by atomic mass is 10.2. The van der Waals surface area contributed by atoms with Crippen LogP contribution in [0.2, 0.25) is 0 Å². The van der Waals surface area contributed by atoms with E-state index in [0.717, 1.165) is 0 Å². The molecular formula is C9H19NO4. The summed E-state index contributed by atoms with van der Waals surface area (Å²) in [6.07, 6.45) is 0.527. The van der Waals surface area contributed by atoms with Gasteiger partial charge in [-0.1, -0.05) is 6.92 Å². The van der Waals surface area contributed by atoms with Crippen molar-refractivity contribution in [3.63, 3.8) is 0 Å². The number of ether oxygens (including phenoxy) is 1. The van der Waals surface area contributed by atoms with Gasteiger partial charge in [0.15, 0.2) is 0 Å². The summed E-state index contributed by atoms with van der Waals surface area (Å²) < 4.78 is 4.88. The molecule has 0 aromatic carbocycles. The fraction of sp³-hybridized carbons (Fsp3) is 0.889. The molecule has 0 spiro atoms. The molecule has 0 aromatic rings. The lowest BCUT2D eigenvalue weighted by Gasteiger charge is -2.26. The van der Waals surface area contributed by atoms with Crippen molar-refractivity contribution in [2.75, 3.05) is 33.4 Å². The van der Waals surface area contributed by atoms with Crippen molar-refractivity contribution in [2.24, 2.45) is 0 Å². The minimum Gasteiger partial charge on any atom is -0.480 e. The topological polar surface area (TPSA) is 70.0 Å². The van der Waals surface area contributed by atoms with Gasteiger partial charge in [0.1, 0.15) is 6.04 Å². The van der Waals surface area contributed by atoms with Gasteiger partial charge in [0.2, 0.25) is 0 Å². The molecule has 0 amide bonds. The fourth-order valence-electron chi connectivity index (χ4n) is 1.35. The maximum atomic E-state index is 10.8. The monoisotopic (exact) mass is 205 g/mol. The summed E-state index contributed by atoms with van der Waals surface area (Å²) in [5.41, 5.74) is 0. The molecule has 1 unspecified atom stereocenters. The molecule has 0 saturated carbocycles. The molecule has 1 atom stereocenters. The number of aliphatic carboxylic acids is 1. The molecule has 0 rings (SSSR count). The van der Waals surface area contributed by atoms with Crippen LogP contribution in [0.3, 0.4) is 0 Å². The Morgan fingerprint density at radius 3 is 2.50 bits per heavy atom. The van der Waals surface area contributed by atoms with E-state index in [4.69, 9.17) is 14.9 Å². The first kappa shape index (κ1) is 13.4. The predicted octanol–water partition coefficient (Wildman–Crippen LogP) is -0.210. The lowest BCUT2D eigenvalue weighted by Crippen LogP contribution is -2.44. The number of rotatable bonds is 8. The van der Waals surface area contributed by atoms with Gasteiger partial charge in [-0.25, -0.2) is 0 Å². The summed E-state index contributed by atoms with van der Waals surface area (Å²) in [6, 6.07) is -0.530. The second kappa shape index (κ2) is 7.73. The van der Waals surface area contributed by atoms with E-state index in [1.165, 1.54) is 0 Å². The van der Waals surface area contributed by atoms with Gasteiger partial charge in [-0.05, 0) is 6.42 Å². The summed E-state index contributed by atoms with van der Waals surface area (Å²) in [5, 5.41) is 17.7. The van der Waals surface area contributed by atoms with Crippen LogP contribution in [0.5, 0.6) is 0 Å². The average Bonchev–Trinajstić information content (AvgIpc) is 2.14. The van der Waals surface area contributed by atoms with Gasteiger partial charge in [-0.3, -0.25) is 9.69 Å². The molecule has 14 heavy (non-hydrogen) atoms. The molecule has 0 aromatic heterocycles. The largest absolute Gasteiger partial charge is 0.480 e. The van der Waals surface area contributed by atoms with Gasteiger partial charge >= 0.3 is 5.97 Å². The minimum atomic E-state index is -0.850. The Balaban J connectivity index is 4.19. The molecule has 2 N–H and O–H groups in total. The van der Waals surface area contributed by atoms with Crippen molar-refractivity contribution in [3.05, 3.63) is 0 Å². The molecule has 0 aliphatic heterocycles. The normalized spacial score (nSPS) is 13.1. The highest BCUT2D eigenvalue weighted by atomic mass is 16.5. The maximum absolute atomic E-state index is 10.8. The van der Waals surface area contributed by atoms with E-state index in [1.807, 2.05) is 6.92 Å². The van der Waals surface area contributed by atoms with Crippen LogP contribution in [0.15, 0.2) is 0 Å². The number of hydrogen-bond donors (Lipinski definition) is 2. The van der Waals surface area contributed by atoms with E-state index >= 15 is 0 Å². The smallest absolute Gasteiger partial charge is 0.320 e. The molecule has 5 nitrogen and oxygen atoms in total. The Hall–Kier alpha value is -0.650. The molecule has 0 aliphatic carbocycles. The van der Waals surface area contributed by atoms with E-state index < -0.39 is 12.0 Å². The zero-order valence-corrected chi connectivity index (χ0v) is 8.77. The highest BCUT2D eigenvalue weighted by molar-refractivity contribution is 5.73. The number of carbonyl (C=O) groups is 1. The van der Waals surface area contributed by atoms with Crippen LogP contribution in [0.1, 0.15) is 13.3 Å². The Morgan fingerprint density at radius 1 is 1.50 bits per heavy atom. The molecule has 0 aliphatic rings. The summed E-state index contributed by atoms with van der Waals surface area (Å²) in [6.45, 7) is 3.16. The summed E-state index contributed by atoms with van der Waals surface area (Å²) in [7, 11) is 1.57. The summed E-state index contributed by atoms with van der Waals surface area (Å²) >= 11 is 0. The second-order valence-corrected chi connectivity index (χ2v) is 3.01. The van der Waals surface area contributed by atoms with Crippen molar-refractivity contribution >= 4 is 5.97 Å². The minimum absolute atomic E-state index is 0.0342. The fourth-order valence-corrected chi connectivity index (χ4v) is 1.35. The number of aliphatic hydroxyl groups is 1. The van der Waals surface area contributed by atoms with E-state index in [0.29, 0.717) is 26.1 Å². The number of nitrogens with zero attached hydrogens (tertiary/aromatic N) is 1. The Labute approximate surface area is 84.3 Å². The highest BCUT2D eigenvalue weighted by Crippen LogP contribution is 2.03. The van der Waals surface area contributed by atoms with Crippen molar-refractivity contribution in [1.82, 2.24) is 4.90 Å². The SMILES string of the molecule is CCC(C(=O)O)N(CCO)CCOC. The first-order valence-electron chi connectivity index (χ1n) is 4.74. The highest BCUT2D eigenvalue weighted by Gasteiger charge is 2.22. The van der Waals surface area contributed by atoms with Crippen LogP contribution in [0, 0.1) is 0 Å². The maximum Gasteiger partial charge on any atom is 0.320 e. The molecule has 0 saturated heterocycles. The molecule has 0 bridgehead atoms. The molecular weight excluding hydrogens is 186 g/mol. The van der Waals surface area contributed by atoms with Crippen molar-refractivity contribution < 1.29 is 19.7 Å². The van der Waals surface area contributed by atoms with Crippen molar-refractivity contribution in [2.45, 2.75) is 19.4 Å². The molecule has 0 heterocycles. The number of carboxylic acid groups (broad SMARTS) is 1. The summed E-state index contributed by atoms with van der Waals surface area (Å²) in [4.78, 5) is 12.6. The van der Waals surface area contributed by atoms with Gasteiger partial charge in [0.05, 0.1) is 13.2 Å². The van der Waals surface area contributed by atoms with Crippen LogP contribution in [-0.2, 0) is 9.53 Å². The number of aliphatic hydroxyl groups excluding tert-OH is 1.